The maximum Gasteiger partial charge on any atom is 0.257 e. The lowest BCUT2D eigenvalue weighted by atomic mass is 10.0. The van der Waals surface area contributed by atoms with Crippen LogP contribution in [0.25, 0.3) is 10.9 Å². The van der Waals surface area contributed by atoms with Gasteiger partial charge in [0, 0.05) is 31.2 Å². The molecule has 1 amide bonds. The molecule has 3 aromatic rings. The van der Waals surface area contributed by atoms with E-state index in [-0.39, 0.29) is 5.91 Å². The van der Waals surface area contributed by atoms with Crippen LogP contribution in [0.15, 0.2) is 42.6 Å². The fourth-order valence-electron chi connectivity index (χ4n) is 3.89. The van der Waals surface area contributed by atoms with Gasteiger partial charge in [-0.15, -0.1) is 0 Å². The SMILES string of the molecule is COc1ccc(CNc2c(C(=O)N3CCCCC3)cnc3ccc(C#N)cc23)cc1Cl. The lowest BCUT2D eigenvalue weighted by Crippen LogP contribution is -2.36. The van der Waals surface area contributed by atoms with Crippen molar-refractivity contribution in [1.82, 2.24) is 9.88 Å². The number of carbonyl (C=O) groups is 1. The average molecular weight is 435 g/mol. The van der Waals surface area contributed by atoms with Crippen LogP contribution in [-0.2, 0) is 6.54 Å². The molecule has 0 atom stereocenters. The number of fused-ring (bicyclic) bond motifs is 1. The molecule has 0 radical (unpaired) electrons. The number of hydrogen-bond donors (Lipinski definition) is 1. The normalized spacial score (nSPS) is 13.6. The molecule has 0 bridgehead atoms. The van der Waals surface area contributed by atoms with Crippen LogP contribution in [0.3, 0.4) is 0 Å². The van der Waals surface area contributed by atoms with Gasteiger partial charge in [-0.05, 0) is 55.2 Å². The third-order valence-electron chi connectivity index (χ3n) is 5.56. The van der Waals surface area contributed by atoms with E-state index in [1.807, 2.05) is 23.1 Å². The number of carbonyl (C=O) groups excluding carboxylic acids is 1. The standard InChI is InChI=1S/C24H23ClN4O2/c1-31-22-8-6-17(12-20(22)25)14-28-23-18-11-16(13-26)5-7-21(18)27-15-19(23)24(30)29-9-3-2-4-10-29/h5-8,11-12,15H,2-4,9-10,14H2,1H3,(H,27,28). The predicted molar refractivity (Wildman–Crippen MR) is 122 cm³/mol. The Bertz CT molecular complexity index is 1170. The molecule has 4 rings (SSSR count). The summed E-state index contributed by atoms with van der Waals surface area (Å²) in [6, 6.07) is 13.1. The molecule has 1 fully saturated rings. The molecule has 1 aliphatic rings. The Morgan fingerprint density at radius 1 is 1.23 bits per heavy atom. The molecule has 0 unspecified atom stereocenters. The van der Waals surface area contributed by atoms with Crippen LogP contribution in [0.2, 0.25) is 5.02 Å². The third kappa shape index (κ3) is 4.42. The fourth-order valence-corrected chi connectivity index (χ4v) is 4.17. The number of ether oxygens (including phenoxy) is 1. The first kappa shape index (κ1) is 21.0. The Kier molecular flexibility index (Phi) is 6.24. The fraction of sp³-hybridized carbons (Fsp3) is 0.292. The van der Waals surface area contributed by atoms with Crippen LogP contribution in [0, 0.1) is 11.3 Å². The molecule has 31 heavy (non-hydrogen) atoms. The Morgan fingerprint density at radius 3 is 2.74 bits per heavy atom. The van der Waals surface area contributed by atoms with Crippen molar-refractivity contribution >= 4 is 34.1 Å². The van der Waals surface area contributed by atoms with Gasteiger partial charge >= 0.3 is 0 Å². The van der Waals surface area contributed by atoms with Crippen molar-refractivity contribution in [2.45, 2.75) is 25.8 Å². The number of nitriles is 1. The number of amides is 1. The molecule has 158 valence electrons. The number of piperidine rings is 1. The van der Waals surface area contributed by atoms with Crippen LogP contribution in [0.1, 0.15) is 40.7 Å². The number of methoxy groups -OCH3 is 1. The highest BCUT2D eigenvalue weighted by molar-refractivity contribution is 6.32. The summed E-state index contributed by atoms with van der Waals surface area (Å²) in [4.78, 5) is 19.7. The Hall–Kier alpha value is -3.30. The molecule has 1 aliphatic heterocycles. The predicted octanol–water partition coefficient (Wildman–Crippen LogP) is 5.01. The summed E-state index contributed by atoms with van der Waals surface area (Å²) in [6.45, 7) is 1.96. The van der Waals surface area contributed by atoms with E-state index in [0.717, 1.165) is 48.8 Å². The van der Waals surface area contributed by atoms with Crippen LogP contribution in [0.5, 0.6) is 5.75 Å². The second-order valence-electron chi connectivity index (χ2n) is 7.57. The van der Waals surface area contributed by atoms with Gasteiger partial charge in [0.25, 0.3) is 5.91 Å². The lowest BCUT2D eigenvalue weighted by molar-refractivity contribution is 0.0725. The zero-order chi connectivity index (χ0) is 21.8. The maximum atomic E-state index is 13.3. The molecule has 1 N–H and O–H groups in total. The van der Waals surface area contributed by atoms with Gasteiger partial charge in [0.2, 0.25) is 0 Å². The summed E-state index contributed by atoms with van der Waals surface area (Å²) in [7, 11) is 1.58. The van der Waals surface area contributed by atoms with Gasteiger partial charge in [-0.1, -0.05) is 17.7 Å². The number of likely N-dealkylation sites (tertiary alicyclic amines) is 1. The molecule has 2 aromatic carbocycles. The second-order valence-corrected chi connectivity index (χ2v) is 7.97. The van der Waals surface area contributed by atoms with Gasteiger partial charge in [-0.25, -0.2) is 0 Å². The van der Waals surface area contributed by atoms with E-state index in [1.54, 1.807) is 31.5 Å². The number of nitrogens with zero attached hydrogens (tertiary/aromatic N) is 3. The number of hydrogen-bond acceptors (Lipinski definition) is 5. The van der Waals surface area contributed by atoms with Crippen molar-refractivity contribution < 1.29 is 9.53 Å². The van der Waals surface area contributed by atoms with Crippen LogP contribution in [0.4, 0.5) is 5.69 Å². The van der Waals surface area contributed by atoms with Gasteiger partial charge < -0.3 is 15.0 Å². The molecule has 6 nitrogen and oxygen atoms in total. The first-order valence-electron chi connectivity index (χ1n) is 10.3. The molecule has 0 spiro atoms. The van der Waals surface area contributed by atoms with Crippen molar-refractivity contribution in [2.24, 2.45) is 0 Å². The Balaban J connectivity index is 1.73. The summed E-state index contributed by atoms with van der Waals surface area (Å²) in [5.41, 5.74) is 3.40. The van der Waals surface area contributed by atoms with Crippen molar-refractivity contribution in [2.75, 3.05) is 25.5 Å². The summed E-state index contributed by atoms with van der Waals surface area (Å²) < 4.78 is 5.22. The van der Waals surface area contributed by atoms with Gasteiger partial charge in [0.15, 0.2) is 0 Å². The lowest BCUT2D eigenvalue weighted by Gasteiger charge is -2.27. The molecule has 7 heteroatoms. The number of benzene rings is 2. The topological polar surface area (TPSA) is 78.2 Å². The first-order chi connectivity index (χ1) is 15.1. The van der Waals surface area contributed by atoms with Crippen LogP contribution in [-0.4, -0.2) is 36.0 Å². The molecule has 0 saturated carbocycles. The molecular formula is C24H23ClN4O2. The Morgan fingerprint density at radius 2 is 2.03 bits per heavy atom. The van der Waals surface area contributed by atoms with E-state index in [2.05, 4.69) is 16.4 Å². The van der Waals surface area contributed by atoms with Gasteiger partial charge in [0.05, 0.1) is 40.5 Å². The van der Waals surface area contributed by atoms with Crippen LogP contribution < -0.4 is 10.1 Å². The smallest absolute Gasteiger partial charge is 0.257 e. The summed E-state index contributed by atoms with van der Waals surface area (Å²) in [6.07, 6.45) is 4.81. The highest BCUT2D eigenvalue weighted by Gasteiger charge is 2.23. The molecule has 2 heterocycles. The number of pyridine rings is 1. The third-order valence-corrected chi connectivity index (χ3v) is 5.85. The monoisotopic (exact) mass is 434 g/mol. The summed E-state index contributed by atoms with van der Waals surface area (Å²) in [5.74, 6) is 0.575. The van der Waals surface area contributed by atoms with Crippen molar-refractivity contribution in [3.63, 3.8) is 0 Å². The first-order valence-corrected chi connectivity index (χ1v) is 10.7. The zero-order valence-corrected chi connectivity index (χ0v) is 18.1. The minimum Gasteiger partial charge on any atom is -0.495 e. The van der Waals surface area contributed by atoms with Gasteiger partial charge in [-0.2, -0.15) is 5.26 Å². The van der Waals surface area contributed by atoms with Crippen LogP contribution >= 0.6 is 11.6 Å². The number of rotatable bonds is 5. The summed E-state index contributed by atoms with van der Waals surface area (Å²) >= 11 is 6.27. The number of halogens is 1. The zero-order valence-electron chi connectivity index (χ0n) is 17.3. The van der Waals surface area contributed by atoms with E-state index in [4.69, 9.17) is 16.3 Å². The molecular weight excluding hydrogens is 412 g/mol. The second kappa shape index (κ2) is 9.23. The molecule has 1 saturated heterocycles. The van der Waals surface area contributed by atoms with Gasteiger partial charge in [0.1, 0.15) is 5.75 Å². The maximum absolute atomic E-state index is 13.3. The number of nitrogens with one attached hydrogen (secondary N) is 1. The van der Waals surface area contributed by atoms with E-state index in [1.165, 1.54) is 0 Å². The molecule has 0 aliphatic carbocycles. The Labute approximate surface area is 186 Å². The quantitative estimate of drug-likeness (QED) is 0.610. The average Bonchev–Trinajstić information content (AvgIpc) is 2.82. The summed E-state index contributed by atoms with van der Waals surface area (Å²) in [5, 5.41) is 14.1. The highest BCUT2D eigenvalue weighted by Crippen LogP contribution is 2.30. The van der Waals surface area contributed by atoms with Gasteiger partial charge in [-0.3, -0.25) is 9.78 Å². The van der Waals surface area contributed by atoms with E-state index in [0.29, 0.717) is 34.1 Å². The van der Waals surface area contributed by atoms with E-state index >= 15 is 0 Å². The van der Waals surface area contributed by atoms with E-state index < -0.39 is 0 Å². The minimum atomic E-state index is -0.0354. The van der Waals surface area contributed by atoms with E-state index in [9.17, 15) is 10.1 Å². The number of anilines is 1. The minimum absolute atomic E-state index is 0.0354. The molecule has 1 aromatic heterocycles. The largest absolute Gasteiger partial charge is 0.495 e. The van der Waals surface area contributed by atoms with Crippen molar-refractivity contribution in [1.29, 1.82) is 5.26 Å². The van der Waals surface area contributed by atoms with Crippen molar-refractivity contribution in [3.05, 3.63) is 64.3 Å². The van der Waals surface area contributed by atoms with Crippen molar-refractivity contribution in [3.8, 4) is 11.8 Å². The highest BCUT2D eigenvalue weighted by atomic mass is 35.5. The number of aromatic nitrogens is 1.